The fourth-order valence-corrected chi connectivity index (χ4v) is 2.98. The van der Waals surface area contributed by atoms with Crippen LogP contribution in [-0.4, -0.2) is 24.7 Å². The number of amides is 1. The van der Waals surface area contributed by atoms with Crippen molar-refractivity contribution < 1.29 is 9.18 Å². The Kier molecular flexibility index (Phi) is 5.16. The lowest BCUT2D eigenvalue weighted by molar-refractivity contribution is -0.114. The minimum Gasteiger partial charge on any atom is -0.372 e. The van der Waals surface area contributed by atoms with Crippen LogP contribution < -0.4 is 9.91 Å². The van der Waals surface area contributed by atoms with E-state index in [1.54, 1.807) is 19.1 Å². The van der Waals surface area contributed by atoms with Gasteiger partial charge in [-0.1, -0.05) is 12.1 Å². The van der Waals surface area contributed by atoms with Gasteiger partial charge in [-0.3, -0.25) is 4.79 Å². The number of anilines is 2. The Morgan fingerprint density at radius 2 is 1.65 bits per heavy atom. The topological polar surface area (TPSA) is 35.9 Å². The zero-order valence-corrected chi connectivity index (χ0v) is 15.2. The number of hydrazone groups is 1. The van der Waals surface area contributed by atoms with Crippen molar-refractivity contribution in [2.75, 3.05) is 23.0 Å². The van der Waals surface area contributed by atoms with E-state index in [0.717, 1.165) is 24.3 Å². The summed E-state index contributed by atoms with van der Waals surface area (Å²) in [5.41, 5.74) is 3.85. The molecule has 1 amide bonds. The average molecular weight is 351 g/mol. The Bertz CT molecular complexity index is 850. The highest BCUT2D eigenvalue weighted by atomic mass is 19.1. The van der Waals surface area contributed by atoms with Gasteiger partial charge in [0.15, 0.2) is 0 Å². The minimum atomic E-state index is -0.342. The Hall–Kier alpha value is -2.95. The summed E-state index contributed by atoms with van der Waals surface area (Å²) < 4.78 is 13.1. The van der Waals surface area contributed by atoms with Crippen LogP contribution in [0.25, 0.3) is 6.08 Å². The van der Waals surface area contributed by atoms with Gasteiger partial charge in [-0.05, 0) is 68.8 Å². The van der Waals surface area contributed by atoms with Crippen LogP contribution in [0.4, 0.5) is 15.8 Å². The van der Waals surface area contributed by atoms with E-state index in [0.29, 0.717) is 17.0 Å². The first-order valence-electron chi connectivity index (χ1n) is 8.75. The Labute approximate surface area is 153 Å². The van der Waals surface area contributed by atoms with E-state index in [1.807, 2.05) is 18.2 Å². The number of hydrogen-bond donors (Lipinski definition) is 0. The molecular formula is C21H22FN3O. The number of nitrogens with zero attached hydrogens (tertiary/aromatic N) is 3. The van der Waals surface area contributed by atoms with E-state index in [1.165, 1.54) is 17.1 Å². The first kappa shape index (κ1) is 17.9. The first-order chi connectivity index (χ1) is 12.5. The van der Waals surface area contributed by atoms with Crippen LogP contribution in [0.2, 0.25) is 0 Å². The number of carbonyl (C=O) groups is 1. The smallest absolute Gasteiger partial charge is 0.280 e. The van der Waals surface area contributed by atoms with Gasteiger partial charge in [0, 0.05) is 18.8 Å². The zero-order chi connectivity index (χ0) is 18.7. The second kappa shape index (κ2) is 7.52. The summed E-state index contributed by atoms with van der Waals surface area (Å²) in [6.45, 7) is 7.96. The lowest BCUT2D eigenvalue weighted by Gasteiger charge is -2.20. The summed E-state index contributed by atoms with van der Waals surface area (Å²) in [6, 6.07) is 13.9. The SMILES string of the molecule is CCN(CC)c1ccc(C=C2C(=O)N(c3ccc(F)cc3)N=C2C)cc1. The highest BCUT2D eigenvalue weighted by molar-refractivity contribution is 6.32. The van der Waals surface area contributed by atoms with Gasteiger partial charge in [0.25, 0.3) is 5.91 Å². The van der Waals surface area contributed by atoms with E-state index in [2.05, 4.69) is 36.0 Å². The van der Waals surface area contributed by atoms with E-state index >= 15 is 0 Å². The van der Waals surface area contributed by atoms with Crippen molar-refractivity contribution in [1.29, 1.82) is 0 Å². The standard InChI is InChI=1S/C21H22FN3O/c1-4-24(5-2)18-10-6-16(7-11-18)14-20-15(3)23-25(21(20)26)19-12-8-17(22)9-13-19/h6-14H,4-5H2,1-3H3. The third kappa shape index (κ3) is 3.52. The summed E-state index contributed by atoms with van der Waals surface area (Å²) in [4.78, 5) is 15.0. The predicted octanol–water partition coefficient (Wildman–Crippen LogP) is 4.48. The molecule has 1 aliphatic rings. The minimum absolute atomic E-state index is 0.207. The molecule has 3 rings (SSSR count). The molecule has 0 saturated carbocycles. The molecule has 5 heteroatoms. The summed E-state index contributed by atoms with van der Waals surface area (Å²) in [5, 5.41) is 5.63. The summed E-state index contributed by atoms with van der Waals surface area (Å²) in [7, 11) is 0. The third-order valence-electron chi connectivity index (χ3n) is 4.47. The van der Waals surface area contributed by atoms with Crippen LogP contribution in [0, 0.1) is 5.82 Å². The van der Waals surface area contributed by atoms with Gasteiger partial charge in [0.05, 0.1) is 17.0 Å². The fourth-order valence-electron chi connectivity index (χ4n) is 2.98. The van der Waals surface area contributed by atoms with E-state index in [-0.39, 0.29) is 11.7 Å². The van der Waals surface area contributed by atoms with Crippen LogP contribution in [0.5, 0.6) is 0 Å². The number of halogens is 1. The Balaban J connectivity index is 1.84. The van der Waals surface area contributed by atoms with Gasteiger partial charge in [-0.15, -0.1) is 0 Å². The van der Waals surface area contributed by atoms with Crippen molar-refractivity contribution >= 4 is 29.1 Å². The van der Waals surface area contributed by atoms with E-state index < -0.39 is 0 Å². The average Bonchev–Trinajstić information content (AvgIpc) is 2.93. The van der Waals surface area contributed by atoms with E-state index in [9.17, 15) is 9.18 Å². The maximum Gasteiger partial charge on any atom is 0.280 e. The molecule has 0 fully saturated rings. The molecule has 1 aliphatic heterocycles. The molecular weight excluding hydrogens is 329 g/mol. The Morgan fingerprint density at radius 3 is 2.23 bits per heavy atom. The molecule has 4 nitrogen and oxygen atoms in total. The third-order valence-corrected chi connectivity index (χ3v) is 4.47. The van der Waals surface area contributed by atoms with Crippen LogP contribution in [0.15, 0.2) is 59.2 Å². The second-order valence-electron chi connectivity index (χ2n) is 6.10. The molecule has 26 heavy (non-hydrogen) atoms. The summed E-state index contributed by atoms with van der Waals surface area (Å²) >= 11 is 0. The summed E-state index contributed by atoms with van der Waals surface area (Å²) in [6.07, 6.45) is 1.84. The lowest BCUT2D eigenvalue weighted by atomic mass is 10.1. The van der Waals surface area contributed by atoms with Crippen LogP contribution in [0.3, 0.4) is 0 Å². The number of hydrogen-bond acceptors (Lipinski definition) is 3. The molecule has 0 unspecified atom stereocenters. The molecule has 0 N–H and O–H groups in total. The molecule has 0 saturated heterocycles. The van der Waals surface area contributed by atoms with E-state index in [4.69, 9.17) is 0 Å². The molecule has 0 radical (unpaired) electrons. The van der Waals surface area contributed by atoms with Crippen molar-refractivity contribution in [3.05, 3.63) is 65.5 Å². The van der Waals surface area contributed by atoms with Crippen LogP contribution in [-0.2, 0) is 4.79 Å². The van der Waals surface area contributed by atoms with Crippen molar-refractivity contribution in [1.82, 2.24) is 0 Å². The van der Waals surface area contributed by atoms with Gasteiger partial charge in [-0.25, -0.2) is 4.39 Å². The largest absolute Gasteiger partial charge is 0.372 e. The highest BCUT2D eigenvalue weighted by Crippen LogP contribution is 2.25. The normalized spacial score (nSPS) is 15.5. The van der Waals surface area contributed by atoms with Gasteiger partial charge >= 0.3 is 0 Å². The highest BCUT2D eigenvalue weighted by Gasteiger charge is 2.28. The van der Waals surface area contributed by atoms with Crippen LogP contribution in [0.1, 0.15) is 26.3 Å². The van der Waals surface area contributed by atoms with Crippen molar-refractivity contribution in [2.45, 2.75) is 20.8 Å². The molecule has 0 aliphatic carbocycles. The van der Waals surface area contributed by atoms with Gasteiger partial charge in [0.2, 0.25) is 0 Å². The summed E-state index contributed by atoms with van der Waals surface area (Å²) in [5.74, 6) is -0.549. The molecule has 134 valence electrons. The molecule has 1 heterocycles. The zero-order valence-electron chi connectivity index (χ0n) is 15.2. The molecule has 0 atom stereocenters. The van der Waals surface area contributed by atoms with Crippen molar-refractivity contribution in [3.63, 3.8) is 0 Å². The number of rotatable bonds is 5. The molecule has 0 aromatic heterocycles. The number of carbonyl (C=O) groups excluding carboxylic acids is 1. The fraction of sp³-hybridized carbons (Fsp3) is 0.238. The monoisotopic (exact) mass is 351 g/mol. The van der Waals surface area contributed by atoms with Crippen molar-refractivity contribution in [3.8, 4) is 0 Å². The van der Waals surface area contributed by atoms with Gasteiger partial charge in [-0.2, -0.15) is 10.1 Å². The van der Waals surface area contributed by atoms with Crippen molar-refractivity contribution in [2.24, 2.45) is 5.10 Å². The molecule has 2 aromatic carbocycles. The predicted molar refractivity (Wildman–Crippen MR) is 105 cm³/mol. The Morgan fingerprint density at radius 1 is 1.04 bits per heavy atom. The first-order valence-corrected chi connectivity index (χ1v) is 8.75. The molecule has 2 aromatic rings. The molecule has 0 spiro atoms. The van der Waals surface area contributed by atoms with Gasteiger partial charge < -0.3 is 4.90 Å². The quantitative estimate of drug-likeness (QED) is 0.745. The van der Waals surface area contributed by atoms with Crippen LogP contribution >= 0.6 is 0 Å². The maximum absolute atomic E-state index is 13.1. The molecule has 0 bridgehead atoms. The number of benzene rings is 2. The van der Waals surface area contributed by atoms with Gasteiger partial charge in [0.1, 0.15) is 5.82 Å². The lowest BCUT2D eigenvalue weighted by Crippen LogP contribution is -2.21. The maximum atomic E-state index is 13.1. The second-order valence-corrected chi connectivity index (χ2v) is 6.10.